The van der Waals surface area contributed by atoms with Crippen molar-refractivity contribution >= 4 is 17.2 Å². The van der Waals surface area contributed by atoms with Gasteiger partial charge in [-0.15, -0.1) is 0 Å². The summed E-state index contributed by atoms with van der Waals surface area (Å²) in [5.74, 6) is 1.56. The van der Waals surface area contributed by atoms with Crippen LogP contribution in [0.1, 0.15) is 31.2 Å². The van der Waals surface area contributed by atoms with Gasteiger partial charge in [0.2, 0.25) is 5.91 Å². The third kappa shape index (κ3) is 3.22. The number of nitrogens with zero attached hydrogens (tertiary/aromatic N) is 3. The zero-order valence-corrected chi connectivity index (χ0v) is 14.0. The highest BCUT2D eigenvalue weighted by Gasteiger charge is 2.13. The predicted molar refractivity (Wildman–Crippen MR) is 92.4 cm³/mol. The molecule has 124 valence electrons. The van der Waals surface area contributed by atoms with Crippen LogP contribution >= 0.6 is 0 Å². The molecule has 2 aromatic heterocycles. The van der Waals surface area contributed by atoms with E-state index in [0.717, 1.165) is 11.4 Å². The van der Waals surface area contributed by atoms with Crippen LogP contribution in [0.25, 0.3) is 5.65 Å². The quantitative estimate of drug-likeness (QED) is 0.783. The molecule has 0 aliphatic carbocycles. The highest BCUT2D eigenvalue weighted by molar-refractivity contribution is 5.95. The fraction of sp³-hybridized carbons (Fsp3) is 0.278. The van der Waals surface area contributed by atoms with Gasteiger partial charge in [-0.3, -0.25) is 4.79 Å². The molecule has 0 saturated heterocycles. The van der Waals surface area contributed by atoms with Gasteiger partial charge in [0, 0.05) is 17.7 Å². The smallest absolute Gasteiger partial charge is 0.229 e. The van der Waals surface area contributed by atoms with Gasteiger partial charge < -0.3 is 10.1 Å². The third-order valence-corrected chi connectivity index (χ3v) is 3.71. The van der Waals surface area contributed by atoms with Crippen LogP contribution in [0.4, 0.5) is 5.69 Å². The summed E-state index contributed by atoms with van der Waals surface area (Å²) in [6, 6.07) is 11.2. The first-order valence-corrected chi connectivity index (χ1v) is 7.85. The third-order valence-electron chi connectivity index (χ3n) is 3.71. The summed E-state index contributed by atoms with van der Waals surface area (Å²) in [5.41, 5.74) is 2.14. The zero-order chi connectivity index (χ0) is 17.1. The molecule has 0 fully saturated rings. The number of para-hydroxylation sites is 1. The Bertz CT molecular complexity index is 870. The minimum Gasteiger partial charge on any atom is -0.496 e. The SMILES string of the molecule is COc1ccccc1CC(=O)Nc1cccn2nc(C(C)C)nc12. The zero-order valence-electron chi connectivity index (χ0n) is 14.0. The van der Waals surface area contributed by atoms with E-state index in [4.69, 9.17) is 4.74 Å². The molecule has 6 heteroatoms. The molecular formula is C18H20N4O2. The molecule has 2 heterocycles. The van der Waals surface area contributed by atoms with Crippen molar-refractivity contribution in [1.82, 2.24) is 14.6 Å². The van der Waals surface area contributed by atoms with E-state index in [9.17, 15) is 4.79 Å². The number of carbonyl (C=O) groups is 1. The largest absolute Gasteiger partial charge is 0.496 e. The van der Waals surface area contributed by atoms with Crippen LogP contribution in [0.3, 0.4) is 0 Å². The summed E-state index contributed by atoms with van der Waals surface area (Å²) in [7, 11) is 1.60. The summed E-state index contributed by atoms with van der Waals surface area (Å²) in [5, 5.41) is 7.34. The molecule has 3 rings (SSSR count). The Balaban J connectivity index is 1.83. The highest BCUT2D eigenvalue weighted by Crippen LogP contribution is 2.20. The number of pyridine rings is 1. The number of hydrogen-bond donors (Lipinski definition) is 1. The van der Waals surface area contributed by atoms with E-state index in [0.29, 0.717) is 17.1 Å². The van der Waals surface area contributed by atoms with Crippen molar-refractivity contribution in [3.63, 3.8) is 0 Å². The molecule has 3 aromatic rings. The molecule has 1 aromatic carbocycles. The number of ether oxygens (including phenoxy) is 1. The second-order valence-corrected chi connectivity index (χ2v) is 5.85. The Morgan fingerprint density at radius 2 is 2.04 bits per heavy atom. The maximum Gasteiger partial charge on any atom is 0.229 e. The van der Waals surface area contributed by atoms with E-state index in [2.05, 4.69) is 15.4 Å². The fourth-order valence-electron chi connectivity index (χ4n) is 2.48. The number of carbonyl (C=O) groups excluding carboxylic acids is 1. The van der Waals surface area contributed by atoms with E-state index in [1.165, 1.54) is 0 Å². The average molecular weight is 324 g/mol. The van der Waals surface area contributed by atoms with Gasteiger partial charge in [0.25, 0.3) is 0 Å². The molecule has 0 spiro atoms. The number of anilines is 1. The maximum absolute atomic E-state index is 12.4. The number of hydrogen-bond acceptors (Lipinski definition) is 4. The van der Waals surface area contributed by atoms with Crippen molar-refractivity contribution < 1.29 is 9.53 Å². The van der Waals surface area contributed by atoms with Crippen LogP contribution in [0.2, 0.25) is 0 Å². The Labute approximate surface area is 140 Å². The minimum absolute atomic E-state index is 0.123. The lowest BCUT2D eigenvalue weighted by Crippen LogP contribution is -2.15. The number of fused-ring (bicyclic) bond motifs is 1. The summed E-state index contributed by atoms with van der Waals surface area (Å²) in [6.45, 7) is 4.07. The molecular weight excluding hydrogens is 304 g/mol. The fourth-order valence-corrected chi connectivity index (χ4v) is 2.48. The molecule has 0 bridgehead atoms. The Kier molecular flexibility index (Phi) is 4.46. The van der Waals surface area contributed by atoms with Gasteiger partial charge in [-0.25, -0.2) is 9.50 Å². The lowest BCUT2D eigenvalue weighted by atomic mass is 10.1. The van der Waals surface area contributed by atoms with Crippen LogP contribution in [-0.2, 0) is 11.2 Å². The molecule has 1 N–H and O–H groups in total. The van der Waals surface area contributed by atoms with Crippen molar-refractivity contribution in [1.29, 1.82) is 0 Å². The number of aromatic nitrogens is 3. The summed E-state index contributed by atoms with van der Waals surface area (Å²) < 4.78 is 6.98. The second kappa shape index (κ2) is 6.70. The predicted octanol–water partition coefficient (Wildman–Crippen LogP) is 3.04. The summed E-state index contributed by atoms with van der Waals surface area (Å²) >= 11 is 0. The lowest BCUT2D eigenvalue weighted by molar-refractivity contribution is -0.115. The maximum atomic E-state index is 12.4. The van der Waals surface area contributed by atoms with Crippen LogP contribution in [-0.4, -0.2) is 27.6 Å². The molecule has 0 aliphatic rings. The summed E-state index contributed by atoms with van der Waals surface area (Å²) in [4.78, 5) is 16.9. The van der Waals surface area contributed by atoms with Gasteiger partial charge in [0.15, 0.2) is 11.5 Å². The van der Waals surface area contributed by atoms with Crippen molar-refractivity contribution in [2.75, 3.05) is 12.4 Å². The van der Waals surface area contributed by atoms with Gasteiger partial charge in [-0.05, 0) is 18.2 Å². The van der Waals surface area contributed by atoms with E-state index >= 15 is 0 Å². The van der Waals surface area contributed by atoms with Gasteiger partial charge in [0.05, 0.1) is 19.2 Å². The van der Waals surface area contributed by atoms with Crippen molar-refractivity contribution in [3.05, 3.63) is 54.0 Å². The number of nitrogens with one attached hydrogen (secondary N) is 1. The van der Waals surface area contributed by atoms with Crippen molar-refractivity contribution in [3.8, 4) is 5.75 Å². The van der Waals surface area contributed by atoms with Crippen molar-refractivity contribution in [2.45, 2.75) is 26.2 Å². The molecule has 24 heavy (non-hydrogen) atoms. The molecule has 6 nitrogen and oxygen atoms in total. The minimum atomic E-state index is -0.123. The normalized spacial score (nSPS) is 11.0. The highest BCUT2D eigenvalue weighted by atomic mass is 16.5. The monoisotopic (exact) mass is 324 g/mol. The van der Waals surface area contributed by atoms with E-state index in [1.807, 2.05) is 56.4 Å². The topological polar surface area (TPSA) is 68.5 Å². The van der Waals surface area contributed by atoms with Gasteiger partial charge >= 0.3 is 0 Å². The van der Waals surface area contributed by atoms with Gasteiger partial charge in [0.1, 0.15) is 5.75 Å². The van der Waals surface area contributed by atoms with Crippen LogP contribution in [0, 0.1) is 0 Å². The number of amides is 1. The molecule has 0 aliphatic heterocycles. The Morgan fingerprint density at radius 3 is 2.79 bits per heavy atom. The Hall–Kier alpha value is -2.89. The first-order valence-electron chi connectivity index (χ1n) is 7.85. The van der Waals surface area contributed by atoms with Gasteiger partial charge in [-0.2, -0.15) is 5.10 Å². The lowest BCUT2D eigenvalue weighted by Gasteiger charge is -2.09. The molecule has 0 atom stereocenters. The number of benzene rings is 1. The summed E-state index contributed by atoms with van der Waals surface area (Å²) in [6.07, 6.45) is 2.06. The molecule has 0 radical (unpaired) electrons. The number of rotatable bonds is 5. The first kappa shape index (κ1) is 16.0. The molecule has 0 unspecified atom stereocenters. The molecule has 1 amide bonds. The van der Waals surface area contributed by atoms with Crippen LogP contribution < -0.4 is 10.1 Å². The first-order chi connectivity index (χ1) is 11.6. The van der Waals surface area contributed by atoms with Crippen molar-refractivity contribution in [2.24, 2.45) is 0 Å². The Morgan fingerprint density at radius 1 is 1.25 bits per heavy atom. The van der Waals surface area contributed by atoms with E-state index in [-0.39, 0.29) is 18.2 Å². The second-order valence-electron chi connectivity index (χ2n) is 5.85. The van der Waals surface area contributed by atoms with E-state index in [1.54, 1.807) is 11.6 Å². The van der Waals surface area contributed by atoms with Gasteiger partial charge in [-0.1, -0.05) is 32.0 Å². The standard InChI is InChI=1S/C18H20N4O2/c1-12(2)17-20-18-14(8-6-10-22(18)21-17)19-16(23)11-13-7-4-5-9-15(13)24-3/h4-10,12H,11H2,1-3H3,(H,19,23). The van der Waals surface area contributed by atoms with Crippen LogP contribution in [0.15, 0.2) is 42.6 Å². The number of methoxy groups -OCH3 is 1. The van der Waals surface area contributed by atoms with E-state index < -0.39 is 0 Å². The van der Waals surface area contributed by atoms with Crippen LogP contribution in [0.5, 0.6) is 5.75 Å². The molecule has 0 saturated carbocycles. The average Bonchev–Trinajstić information content (AvgIpc) is 3.01.